The molecule has 1 heterocycles. The minimum Gasteiger partial charge on any atom is -0.468 e. The van der Waals surface area contributed by atoms with E-state index >= 15 is 0 Å². The molecule has 1 aromatic heterocycles. The van der Waals surface area contributed by atoms with Gasteiger partial charge in [0.2, 0.25) is 0 Å². The Labute approximate surface area is 121 Å². The van der Waals surface area contributed by atoms with E-state index in [-0.39, 0.29) is 0 Å². The second-order valence-electron chi connectivity index (χ2n) is 5.07. The molecule has 2 N–H and O–H groups in total. The highest BCUT2D eigenvalue weighted by molar-refractivity contribution is 9.10. The zero-order valence-electron chi connectivity index (χ0n) is 10.7. The first kappa shape index (κ1) is 12.8. The van der Waals surface area contributed by atoms with Gasteiger partial charge >= 0.3 is 0 Å². The fourth-order valence-electron chi connectivity index (χ4n) is 2.29. The van der Waals surface area contributed by atoms with Crippen LogP contribution in [0.1, 0.15) is 24.2 Å². The van der Waals surface area contributed by atoms with Crippen LogP contribution in [0.3, 0.4) is 0 Å². The number of nitrogens with two attached hydrogens (primary N) is 1. The zero-order valence-corrected chi connectivity index (χ0v) is 12.3. The summed E-state index contributed by atoms with van der Waals surface area (Å²) < 4.78 is 6.57. The molecule has 0 unspecified atom stereocenters. The molecule has 2 aromatic rings. The molecule has 4 heteroatoms. The molecule has 0 atom stereocenters. The van der Waals surface area contributed by atoms with Crippen molar-refractivity contribution in [1.29, 1.82) is 0 Å². The van der Waals surface area contributed by atoms with Crippen molar-refractivity contribution in [2.45, 2.75) is 32.0 Å². The van der Waals surface area contributed by atoms with E-state index in [1.165, 1.54) is 18.4 Å². The molecule has 1 aromatic carbocycles. The molecule has 0 aliphatic heterocycles. The quantitative estimate of drug-likeness (QED) is 0.852. The first-order chi connectivity index (χ1) is 9.22. The first-order valence-electron chi connectivity index (χ1n) is 6.53. The molecule has 1 saturated carbocycles. The van der Waals surface area contributed by atoms with Crippen molar-refractivity contribution < 1.29 is 4.42 Å². The number of anilines is 1. The Balaban J connectivity index is 1.76. The fourth-order valence-corrected chi connectivity index (χ4v) is 2.66. The molecule has 0 radical (unpaired) electrons. The average molecular weight is 321 g/mol. The first-order valence-corrected chi connectivity index (χ1v) is 7.32. The highest BCUT2D eigenvalue weighted by atomic mass is 79.9. The van der Waals surface area contributed by atoms with E-state index in [0.29, 0.717) is 6.04 Å². The van der Waals surface area contributed by atoms with Gasteiger partial charge in [0.25, 0.3) is 0 Å². The van der Waals surface area contributed by atoms with Crippen LogP contribution < -0.4 is 5.73 Å². The lowest BCUT2D eigenvalue weighted by atomic mass is 10.2. The van der Waals surface area contributed by atoms with E-state index in [1.54, 1.807) is 6.26 Å². The van der Waals surface area contributed by atoms with Gasteiger partial charge in [-0.2, -0.15) is 0 Å². The maximum Gasteiger partial charge on any atom is 0.117 e. The standard InChI is InChI=1S/C15H17BrN2O/c16-15-6-3-12(17)8-11(15)9-18(13-4-5-13)10-14-2-1-7-19-14/h1-3,6-8,13H,4-5,9-10,17H2. The number of benzene rings is 1. The van der Waals surface area contributed by atoms with Crippen molar-refractivity contribution in [3.05, 3.63) is 52.4 Å². The largest absolute Gasteiger partial charge is 0.468 e. The second-order valence-corrected chi connectivity index (χ2v) is 5.92. The van der Waals surface area contributed by atoms with Crippen LogP contribution in [0.25, 0.3) is 0 Å². The lowest BCUT2D eigenvalue weighted by molar-refractivity contribution is 0.225. The summed E-state index contributed by atoms with van der Waals surface area (Å²) in [6.45, 7) is 1.76. The van der Waals surface area contributed by atoms with Gasteiger partial charge in [-0.05, 0) is 48.7 Å². The molecule has 0 saturated heterocycles. The zero-order chi connectivity index (χ0) is 13.2. The van der Waals surface area contributed by atoms with Crippen LogP contribution in [0.2, 0.25) is 0 Å². The topological polar surface area (TPSA) is 42.4 Å². The number of hydrogen-bond acceptors (Lipinski definition) is 3. The number of nitrogens with zero attached hydrogens (tertiary/aromatic N) is 1. The third kappa shape index (κ3) is 3.19. The van der Waals surface area contributed by atoms with E-state index in [4.69, 9.17) is 10.2 Å². The summed E-state index contributed by atoms with van der Waals surface area (Å²) in [7, 11) is 0. The predicted octanol–water partition coefficient (Wildman–Crippen LogP) is 3.79. The Hall–Kier alpha value is -1.26. The number of furan rings is 1. The van der Waals surface area contributed by atoms with E-state index in [1.807, 2.05) is 30.3 Å². The maximum absolute atomic E-state index is 5.87. The molecular weight excluding hydrogens is 304 g/mol. The number of rotatable bonds is 5. The average Bonchev–Trinajstić information content (AvgIpc) is 3.12. The summed E-state index contributed by atoms with van der Waals surface area (Å²) in [4.78, 5) is 2.46. The summed E-state index contributed by atoms with van der Waals surface area (Å²) in [5.74, 6) is 1.02. The van der Waals surface area contributed by atoms with Crippen molar-refractivity contribution in [2.75, 3.05) is 5.73 Å². The third-order valence-electron chi connectivity index (χ3n) is 3.45. The SMILES string of the molecule is Nc1ccc(Br)c(CN(Cc2ccco2)C2CC2)c1. The minimum atomic E-state index is 0.679. The van der Waals surface area contributed by atoms with Crippen LogP contribution in [0, 0.1) is 0 Å². The smallest absolute Gasteiger partial charge is 0.117 e. The summed E-state index contributed by atoms with van der Waals surface area (Å²) >= 11 is 3.60. The number of nitrogen functional groups attached to an aromatic ring is 1. The molecule has 0 spiro atoms. The summed E-state index contributed by atoms with van der Waals surface area (Å²) in [5.41, 5.74) is 7.92. The predicted molar refractivity (Wildman–Crippen MR) is 79.5 cm³/mol. The highest BCUT2D eigenvalue weighted by Gasteiger charge is 2.29. The third-order valence-corrected chi connectivity index (χ3v) is 4.22. The van der Waals surface area contributed by atoms with E-state index < -0.39 is 0 Å². The van der Waals surface area contributed by atoms with Crippen molar-refractivity contribution in [3.63, 3.8) is 0 Å². The maximum atomic E-state index is 5.87. The van der Waals surface area contributed by atoms with Crippen LogP contribution in [-0.2, 0) is 13.1 Å². The lowest BCUT2D eigenvalue weighted by Crippen LogP contribution is -2.25. The summed E-state index contributed by atoms with van der Waals surface area (Å²) in [6.07, 6.45) is 4.29. The fraction of sp³-hybridized carbons (Fsp3) is 0.333. The second kappa shape index (κ2) is 5.39. The van der Waals surface area contributed by atoms with Gasteiger partial charge in [0.05, 0.1) is 12.8 Å². The molecular formula is C15H17BrN2O. The molecule has 1 fully saturated rings. The Bertz CT molecular complexity index is 549. The van der Waals surface area contributed by atoms with Crippen LogP contribution in [0.15, 0.2) is 45.5 Å². The normalized spacial score (nSPS) is 15.1. The van der Waals surface area contributed by atoms with Gasteiger partial charge in [-0.15, -0.1) is 0 Å². The van der Waals surface area contributed by atoms with E-state index in [0.717, 1.165) is 29.0 Å². The number of halogens is 1. The van der Waals surface area contributed by atoms with Crippen LogP contribution in [-0.4, -0.2) is 10.9 Å². The van der Waals surface area contributed by atoms with Gasteiger partial charge in [0.1, 0.15) is 5.76 Å². The Kier molecular flexibility index (Phi) is 3.62. The van der Waals surface area contributed by atoms with Crippen molar-refractivity contribution in [2.24, 2.45) is 0 Å². The van der Waals surface area contributed by atoms with Crippen molar-refractivity contribution in [1.82, 2.24) is 4.90 Å². The monoisotopic (exact) mass is 320 g/mol. The Morgan fingerprint density at radius 3 is 2.79 bits per heavy atom. The molecule has 0 amide bonds. The molecule has 100 valence electrons. The minimum absolute atomic E-state index is 0.679. The molecule has 19 heavy (non-hydrogen) atoms. The van der Waals surface area contributed by atoms with Gasteiger partial charge in [-0.1, -0.05) is 15.9 Å². The summed E-state index contributed by atoms with van der Waals surface area (Å²) in [5, 5.41) is 0. The molecule has 3 nitrogen and oxygen atoms in total. The van der Waals surface area contributed by atoms with E-state index in [2.05, 4.69) is 20.8 Å². The van der Waals surface area contributed by atoms with Gasteiger partial charge in [-0.25, -0.2) is 0 Å². The molecule has 1 aliphatic rings. The molecule has 3 rings (SSSR count). The van der Waals surface area contributed by atoms with Crippen LogP contribution in [0.5, 0.6) is 0 Å². The Morgan fingerprint density at radius 1 is 1.26 bits per heavy atom. The van der Waals surface area contributed by atoms with Gasteiger partial charge in [0, 0.05) is 22.7 Å². The molecule has 0 bridgehead atoms. The van der Waals surface area contributed by atoms with Gasteiger partial charge < -0.3 is 10.2 Å². The van der Waals surface area contributed by atoms with Crippen molar-refractivity contribution >= 4 is 21.6 Å². The van der Waals surface area contributed by atoms with Gasteiger partial charge in [0.15, 0.2) is 0 Å². The van der Waals surface area contributed by atoms with E-state index in [9.17, 15) is 0 Å². The van der Waals surface area contributed by atoms with Crippen LogP contribution >= 0.6 is 15.9 Å². The summed E-state index contributed by atoms with van der Waals surface area (Å²) in [6, 6.07) is 10.6. The molecule has 1 aliphatic carbocycles. The number of hydrogen-bond donors (Lipinski definition) is 1. The lowest BCUT2D eigenvalue weighted by Gasteiger charge is -2.21. The van der Waals surface area contributed by atoms with Crippen LogP contribution in [0.4, 0.5) is 5.69 Å². The highest BCUT2D eigenvalue weighted by Crippen LogP contribution is 2.31. The van der Waals surface area contributed by atoms with Crippen molar-refractivity contribution in [3.8, 4) is 0 Å². The Morgan fingerprint density at radius 2 is 2.11 bits per heavy atom. The van der Waals surface area contributed by atoms with Gasteiger partial charge in [-0.3, -0.25) is 4.90 Å².